The molecule has 4 heterocycles. The van der Waals surface area contributed by atoms with E-state index in [1.165, 1.54) is 55.7 Å². The first-order valence-corrected chi connectivity index (χ1v) is 18.0. The zero-order valence-electron chi connectivity index (χ0n) is 26.5. The summed E-state index contributed by atoms with van der Waals surface area (Å²) in [6.07, 6.45) is 8.83. The highest BCUT2D eigenvalue weighted by atomic mass is 32.2. The number of nitrogens with zero attached hydrogens (tertiary/aromatic N) is 4. The molecule has 4 atom stereocenters. The van der Waals surface area contributed by atoms with Crippen molar-refractivity contribution in [3.8, 4) is 11.3 Å². The van der Waals surface area contributed by atoms with Gasteiger partial charge in [-0.2, -0.15) is 12.7 Å². The molecule has 2 saturated heterocycles. The zero-order valence-corrected chi connectivity index (χ0v) is 27.3. The predicted octanol–water partition coefficient (Wildman–Crippen LogP) is 4.68. The fourth-order valence-corrected chi connectivity index (χ4v) is 9.77. The third kappa shape index (κ3) is 4.50. The summed E-state index contributed by atoms with van der Waals surface area (Å²) >= 11 is 0. The van der Waals surface area contributed by atoms with Gasteiger partial charge in [-0.25, -0.2) is 4.72 Å². The molecule has 3 aromatic rings. The summed E-state index contributed by atoms with van der Waals surface area (Å²) < 4.78 is 30.6. The van der Waals surface area contributed by atoms with Crippen molar-refractivity contribution < 1.29 is 18.0 Å². The van der Waals surface area contributed by atoms with E-state index in [4.69, 9.17) is 0 Å². The van der Waals surface area contributed by atoms with Crippen LogP contribution in [0.3, 0.4) is 0 Å². The third-order valence-electron chi connectivity index (χ3n) is 11.5. The molecule has 2 aliphatic carbocycles. The van der Waals surface area contributed by atoms with Gasteiger partial charge in [0, 0.05) is 73.8 Å². The van der Waals surface area contributed by atoms with Crippen molar-refractivity contribution in [2.45, 2.75) is 81.8 Å². The van der Waals surface area contributed by atoms with E-state index in [9.17, 15) is 18.0 Å². The Hall–Kier alpha value is -3.21. The van der Waals surface area contributed by atoms with Gasteiger partial charge in [-0.1, -0.05) is 49.6 Å². The minimum absolute atomic E-state index is 0.158. The lowest BCUT2D eigenvalue weighted by molar-refractivity contribution is -0.143. The molecule has 2 saturated carbocycles. The second-order valence-corrected chi connectivity index (χ2v) is 16.3. The number of likely N-dealkylation sites (N-methyl/N-ethyl adjacent to an activating group) is 1. The van der Waals surface area contributed by atoms with Gasteiger partial charge in [0.2, 0.25) is 5.91 Å². The molecule has 0 spiro atoms. The van der Waals surface area contributed by atoms with E-state index in [0.29, 0.717) is 23.9 Å². The highest BCUT2D eigenvalue weighted by Gasteiger charge is 2.65. The average molecular weight is 630 g/mol. The number of rotatable bonds is 5. The summed E-state index contributed by atoms with van der Waals surface area (Å²) in [5, 5.41) is 1.11. The Bertz CT molecular complexity index is 1810. The van der Waals surface area contributed by atoms with Crippen LogP contribution >= 0.6 is 0 Å². The lowest BCUT2D eigenvalue weighted by atomic mass is 9.81. The van der Waals surface area contributed by atoms with Crippen molar-refractivity contribution in [2.24, 2.45) is 5.41 Å². The summed E-state index contributed by atoms with van der Waals surface area (Å²) in [7, 11) is 1.01. The molecule has 2 bridgehead atoms. The van der Waals surface area contributed by atoms with Crippen LogP contribution in [0.4, 0.5) is 0 Å². The van der Waals surface area contributed by atoms with Gasteiger partial charge in [0.05, 0.1) is 11.1 Å². The maximum absolute atomic E-state index is 14.9. The van der Waals surface area contributed by atoms with Crippen LogP contribution in [0.5, 0.6) is 0 Å². The molecule has 2 unspecified atom stereocenters. The van der Waals surface area contributed by atoms with Crippen LogP contribution in [0.2, 0.25) is 0 Å². The number of hydrogen-bond acceptors (Lipinski definition) is 5. The standard InChI is InChI=1S/C35H43N5O4S/c1-37(2)45(43,44)36-33(41)23-13-16-28-30(17-23)39-21-35(34(42)40-24-14-15-25(40)20-38(3)19-24)18-29(35)26-11-7-8-12-27(26)32(39)31(28)22-9-5-4-6-10-22/h7-8,11-13,16-17,22,24-25,29H,4-6,9-10,14-15,18-21H2,1-3H3,(H,36,41)/t24?,25?,29-,35+/m1/s1. The van der Waals surface area contributed by atoms with Crippen LogP contribution in [0, 0.1) is 5.41 Å². The van der Waals surface area contributed by atoms with E-state index >= 15 is 0 Å². The third-order valence-corrected chi connectivity index (χ3v) is 12.9. The van der Waals surface area contributed by atoms with Crippen molar-refractivity contribution in [1.82, 2.24) is 23.4 Å². The summed E-state index contributed by atoms with van der Waals surface area (Å²) in [4.78, 5) is 32.8. The Kier molecular flexibility index (Phi) is 6.75. The Morgan fingerprint density at radius 3 is 2.38 bits per heavy atom. The highest BCUT2D eigenvalue weighted by Crippen LogP contribution is 2.66. The van der Waals surface area contributed by atoms with Gasteiger partial charge < -0.3 is 14.4 Å². The van der Waals surface area contributed by atoms with Crippen molar-refractivity contribution >= 4 is 32.9 Å². The van der Waals surface area contributed by atoms with E-state index in [1.807, 2.05) is 12.1 Å². The first-order chi connectivity index (χ1) is 21.6. The first-order valence-electron chi connectivity index (χ1n) is 16.6. The van der Waals surface area contributed by atoms with E-state index in [0.717, 1.165) is 60.4 Å². The molecule has 1 aromatic heterocycles. The number of hydrogen-bond donors (Lipinski definition) is 1. The molecule has 10 heteroatoms. The molecule has 4 fully saturated rings. The SMILES string of the molecule is CN1CC2CCC(C1)N2C(=O)[C@]12C[C@@H]1c1ccccc1-c1c(C3CCCCC3)c3ccc(C(=O)NS(=O)(=O)N(C)C)cc3n1C2. The van der Waals surface area contributed by atoms with E-state index in [1.54, 1.807) is 6.07 Å². The number of aromatic nitrogens is 1. The largest absolute Gasteiger partial charge is 0.339 e. The fourth-order valence-electron chi connectivity index (χ4n) is 9.24. The number of amides is 2. The molecule has 238 valence electrons. The number of carbonyl (C=O) groups is 2. The summed E-state index contributed by atoms with van der Waals surface area (Å²) in [6, 6.07) is 14.8. The molecule has 1 N–H and O–H groups in total. The van der Waals surface area contributed by atoms with Gasteiger partial charge in [-0.05, 0) is 68.3 Å². The minimum Gasteiger partial charge on any atom is -0.339 e. The van der Waals surface area contributed by atoms with Crippen molar-refractivity contribution in [3.63, 3.8) is 0 Å². The topological polar surface area (TPSA) is 95.0 Å². The van der Waals surface area contributed by atoms with Crippen molar-refractivity contribution in [1.29, 1.82) is 0 Å². The van der Waals surface area contributed by atoms with Gasteiger partial charge in [0.15, 0.2) is 0 Å². The molecule has 45 heavy (non-hydrogen) atoms. The monoisotopic (exact) mass is 629 g/mol. The molecule has 0 radical (unpaired) electrons. The predicted molar refractivity (Wildman–Crippen MR) is 174 cm³/mol. The Labute approximate surface area is 265 Å². The van der Waals surface area contributed by atoms with Gasteiger partial charge in [-0.3, -0.25) is 9.59 Å². The zero-order chi connectivity index (χ0) is 31.2. The highest BCUT2D eigenvalue weighted by molar-refractivity contribution is 7.87. The second-order valence-electron chi connectivity index (χ2n) is 14.5. The fraction of sp³-hybridized carbons (Fsp3) is 0.543. The number of benzene rings is 2. The smallest absolute Gasteiger partial charge is 0.303 e. The molecule has 8 rings (SSSR count). The van der Waals surface area contributed by atoms with Gasteiger partial charge in [-0.15, -0.1) is 0 Å². The van der Waals surface area contributed by atoms with E-state index in [-0.39, 0.29) is 18.0 Å². The number of piperazine rings is 1. The summed E-state index contributed by atoms with van der Waals surface area (Å²) in [5.74, 6) is 0.196. The molecule has 2 amide bonds. The van der Waals surface area contributed by atoms with Crippen LogP contribution < -0.4 is 4.72 Å². The Balaban J connectivity index is 1.30. The molecule has 2 aromatic carbocycles. The van der Waals surface area contributed by atoms with Crippen LogP contribution in [0.1, 0.15) is 84.7 Å². The molecule has 5 aliphatic rings. The quantitative estimate of drug-likeness (QED) is 0.442. The lowest BCUT2D eigenvalue weighted by Gasteiger charge is -2.41. The maximum atomic E-state index is 14.9. The van der Waals surface area contributed by atoms with Crippen molar-refractivity contribution in [3.05, 3.63) is 59.2 Å². The first kappa shape index (κ1) is 29.2. The Morgan fingerprint density at radius 1 is 0.956 bits per heavy atom. The molecular weight excluding hydrogens is 586 g/mol. The number of fused-ring (bicyclic) bond motifs is 9. The van der Waals surface area contributed by atoms with Gasteiger partial charge in [0.25, 0.3) is 5.91 Å². The van der Waals surface area contributed by atoms with E-state index in [2.05, 4.69) is 50.4 Å². The maximum Gasteiger partial charge on any atom is 0.303 e. The van der Waals surface area contributed by atoms with Crippen LogP contribution in [0.25, 0.3) is 22.2 Å². The van der Waals surface area contributed by atoms with Crippen LogP contribution in [0.15, 0.2) is 42.5 Å². The average Bonchev–Trinajstić information content (AvgIpc) is 3.61. The van der Waals surface area contributed by atoms with Gasteiger partial charge in [0.1, 0.15) is 0 Å². The molecule has 3 aliphatic heterocycles. The summed E-state index contributed by atoms with van der Waals surface area (Å²) in [5.41, 5.74) is 5.66. The summed E-state index contributed by atoms with van der Waals surface area (Å²) in [6.45, 7) is 2.42. The molecular formula is C35H43N5O4S. The second kappa shape index (κ2) is 10.4. The Morgan fingerprint density at radius 2 is 1.67 bits per heavy atom. The lowest BCUT2D eigenvalue weighted by Crippen LogP contribution is -2.57. The van der Waals surface area contributed by atoms with Crippen LogP contribution in [-0.2, 0) is 21.5 Å². The normalized spacial score (nSPS) is 28.0. The van der Waals surface area contributed by atoms with Crippen LogP contribution in [-0.4, -0.2) is 85.2 Å². The van der Waals surface area contributed by atoms with Gasteiger partial charge >= 0.3 is 10.2 Å². The number of nitrogens with one attached hydrogen (secondary N) is 1. The van der Waals surface area contributed by atoms with E-state index < -0.39 is 21.5 Å². The minimum atomic E-state index is -3.94. The number of likely N-dealkylation sites (tertiary alicyclic amines) is 1. The molecule has 9 nitrogen and oxygen atoms in total. The number of carbonyl (C=O) groups excluding carboxylic acids is 2. The van der Waals surface area contributed by atoms with Crippen molar-refractivity contribution in [2.75, 3.05) is 34.2 Å².